The highest BCUT2D eigenvalue weighted by molar-refractivity contribution is 9.10. The first-order valence-electron chi connectivity index (χ1n) is 7.54. The smallest absolute Gasteiger partial charge is 0.123 e. The zero-order valence-electron chi connectivity index (χ0n) is 13.3. The van der Waals surface area contributed by atoms with Crippen LogP contribution in [0.25, 0.3) is 0 Å². The Bertz CT molecular complexity index is 429. The van der Waals surface area contributed by atoms with Crippen molar-refractivity contribution >= 4 is 40.7 Å². The third kappa shape index (κ3) is 5.89. The van der Waals surface area contributed by atoms with Gasteiger partial charge in [-0.25, -0.2) is 0 Å². The molecule has 1 aromatic rings. The standard InChI is InChI=1S/C16H25BrN2O.2ClH/c1-3-4-5-15(19-10-8-18-9-11-19)14-12-13(17)6-7-16(14)20-2;;/h6-7,12,15,18H,3-5,8-11H2,1-2H3;2*1H/t15-;;/m0../s1. The maximum Gasteiger partial charge on any atom is 0.123 e. The summed E-state index contributed by atoms with van der Waals surface area (Å²) in [5.41, 5.74) is 1.32. The zero-order chi connectivity index (χ0) is 14.4. The van der Waals surface area contributed by atoms with Crippen LogP contribution in [0, 0.1) is 0 Å². The van der Waals surface area contributed by atoms with Crippen molar-refractivity contribution in [3.63, 3.8) is 0 Å². The zero-order valence-corrected chi connectivity index (χ0v) is 16.5. The molecule has 1 heterocycles. The predicted octanol–water partition coefficient (Wildman–Crippen LogP) is 4.44. The van der Waals surface area contributed by atoms with Crippen molar-refractivity contribution in [3.05, 3.63) is 28.2 Å². The number of rotatable bonds is 6. The van der Waals surface area contributed by atoms with Gasteiger partial charge in [-0.1, -0.05) is 35.7 Å². The summed E-state index contributed by atoms with van der Waals surface area (Å²) in [6.07, 6.45) is 3.69. The molecule has 2 rings (SSSR count). The summed E-state index contributed by atoms with van der Waals surface area (Å²) in [6, 6.07) is 6.81. The number of hydrogen-bond acceptors (Lipinski definition) is 3. The van der Waals surface area contributed by atoms with Gasteiger partial charge in [0.05, 0.1) is 7.11 Å². The molecule has 1 aliphatic rings. The van der Waals surface area contributed by atoms with Crippen molar-refractivity contribution in [2.75, 3.05) is 33.3 Å². The van der Waals surface area contributed by atoms with Gasteiger partial charge in [-0.2, -0.15) is 0 Å². The summed E-state index contributed by atoms with van der Waals surface area (Å²) in [6.45, 7) is 6.65. The molecule has 1 saturated heterocycles. The molecule has 1 N–H and O–H groups in total. The number of halogens is 3. The highest BCUT2D eigenvalue weighted by Gasteiger charge is 2.24. The van der Waals surface area contributed by atoms with Crippen LogP contribution in [0.15, 0.2) is 22.7 Å². The van der Waals surface area contributed by atoms with Crippen LogP contribution in [0.4, 0.5) is 0 Å². The molecule has 0 amide bonds. The minimum absolute atomic E-state index is 0. The van der Waals surface area contributed by atoms with Crippen LogP contribution in [-0.2, 0) is 0 Å². The second kappa shape index (κ2) is 11.5. The molecule has 1 aromatic carbocycles. The van der Waals surface area contributed by atoms with Gasteiger partial charge in [0.25, 0.3) is 0 Å². The SMILES string of the molecule is CCCC[C@@H](c1cc(Br)ccc1OC)N1CCNCC1.Cl.Cl. The molecule has 6 heteroatoms. The molecular formula is C16H27BrCl2N2O. The van der Waals surface area contributed by atoms with Gasteiger partial charge in [0.15, 0.2) is 0 Å². The third-order valence-electron chi connectivity index (χ3n) is 3.97. The number of nitrogens with one attached hydrogen (secondary N) is 1. The Labute approximate surface area is 155 Å². The third-order valence-corrected chi connectivity index (χ3v) is 4.47. The minimum atomic E-state index is 0. The monoisotopic (exact) mass is 412 g/mol. The van der Waals surface area contributed by atoms with Crippen molar-refractivity contribution in [2.24, 2.45) is 0 Å². The van der Waals surface area contributed by atoms with E-state index in [1.54, 1.807) is 7.11 Å². The average molecular weight is 414 g/mol. The quantitative estimate of drug-likeness (QED) is 0.745. The van der Waals surface area contributed by atoms with E-state index in [1.807, 2.05) is 0 Å². The van der Waals surface area contributed by atoms with Crippen LogP contribution in [0.3, 0.4) is 0 Å². The molecule has 0 spiro atoms. The number of nitrogens with zero attached hydrogens (tertiary/aromatic N) is 1. The fraction of sp³-hybridized carbons (Fsp3) is 0.625. The lowest BCUT2D eigenvalue weighted by Gasteiger charge is -2.36. The van der Waals surface area contributed by atoms with Crippen LogP contribution in [0.5, 0.6) is 5.75 Å². The number of hydrogen-bond donors (Lipinski definition) is 1. The molecule has 1 fully saturated rings. The van der Waals surface area contributed by atoms with Crippen LogP contribution < -0.4 is 10.1 Å². The van der Waals surface area contributed by atoms with Gasteiger partial charge in [0.1, 0.15) is 5.75 Å². The normalized spacial score (nSPS) is 16.3. The van der Waals surface area contributed by atoms with Gasteiger partial charge < -0.3 is 10.1 Å². The lowest BCUT2D eigenvalue weighted by Crippen LogP contribution is -2.45. The summed E-state index contributed by atoms with van der Waals surface area (Å²) in [4.78, 5) is 2.59. The van der Waals surface area contributed by atoms with Crippen LogP contribution in [0.2, 0.25) is 0 Å². The van der Waals surface area contributed by atoms with Crippen LogP contribution in [-0.4, -0.2) is 38.2 Å². The van der Waals surface area contributed by atoms with Crippen molar-refractivity contribution < 1.29 is 4.74 Å². The summed E-state index contributed by atoms with van der Waals surface area (Å²) in [7, 11) is 1.77. The highest BCUT2D eigenvalue weighted by atomic mass is 79.9. The van der Waals surface area contributed by atoms with E-state index in [2.05, 4.69) is 51.3 Å². The first-order valence-corrected chi connectivity index (χ1v) is 8.33. The molecule has 0 aromatic heterocycles. The molecule has 1 aliphatic heterocycles. The molecule has 22 heavy (non-hydrogen) atoms. The number of unbranched alkanes of at least 4 members (excludes halogenated alkanes) is 1. The van der Waals surface area contributed by atoms with E-state index in [9.17, 15) is 0 Å². The molecule has 0 radical (unpaired) electrons. The molecule has 0 saturated carbocycles. The molecule has 0 aliphatic carbocycles. The number of piperazine rings is 1. The molecular weight excluding hydrogens is 387 g/mol. The van der Waals surface area contributed by atoms with E-state index >= 15 is 0 Å². The van der Waals surface area contributed by atoms with Crippen LogP contribution >= 0.6 is 40.7 Å². The second-order valence-electron chi connectivity index (χ2n) is 5.33. The first kappa shape index (κ1) is 22.0. The van der Waals surface area contributed by atoms with Crippen molar-refractivity contribution in [1.82, 2.24) is 10.2 Å². The van der Waals surface area contributed by atoms with Gasteiger partial charge in [-0.3, -0.25) is 4.90 Å². The van der Waals surface area contributed by atoms with Gasteiger partial charge in [-0.05, 0) is 24.6 Å². The van der Waals surface area contributed by atoms with Crippen molar-refractivity contribution in [2.45, 2.75) is 32.2 Å². The number of methoxy groups -OCH3 is 1. The maximum absolute atomic E-state index is 5.59. The molecule has 0 unspecified atom stereocenters. The topological polar surface area (TPSA) is 24.5 Å². The Morgan fingerprint density at radius 1 is 1.27 bits per heavy atom. The summed E-state index contributed by atoms with van der Waals surface area (Å²) in [5, 5.41) is 3.43. The lowest BCUT2D eigenvalue weighted by atomic mass is 9.98. The second-order valence-corrected chi connectivity index (χ2v) is 6.25. The van der Waals surface area contributed by atoms with E-state index in [0.29, 0.717) is 6.04 Å². The Balaban J connectivity index is 0.00000220. The first-order chi connectivity index (χ1) is 9.76. The summed E-state index contributed by atoms with van der Waals surface area (Å²) >= 11 is 3.60. The number of ether oxygens (including phenoxy) is 1. The van der Waals surface area contributed by atoms with E-state index in [0.717, 1.165) is 36.4 Å². The van der Waals surface area contributed by atoms with Gasteiger partial charge in [0, 0.05) is 42.3 Å². The fourth-order valence-electron chi connectivity index (χ4n) is 2.89. The molecule has 1 atom stereocenters. The Morgan fingerprint density at radius 3 is 2.55 bits per heavy atom. The van der Waals surface area contributed by atoms with Crippen molar-refractivity contribution in [3.8, 4) is 5.75 Å². The lowest BCUT2D eigenvalue weighted by molar-refractivity contribution is 0.160. The van der Waals surface area contributed by atoms with E-state index < -0.39 is 0 Å². The average Bonchev–Trinajstić information content (AvgIpc) is 2.49. The summed E-state index contributed by atoms with van der Waals surface area (Å²) in [5.74, 6) is 1.01. The maximum atomic E-state index is 5.59. The fourth-order valence-corrected chi connectivity index (χ4v) is 3.27. The minimum Gasteiger partial charge on any atom is -0.496 e. The van der Waals surface area contributed by atoms with Crippen LogP contribution in [0.1, 0.15) is 37.8 Å². The van der Waals surface area contributed by atoms with E-state index in [1.165, 1.54) is 24.8 Å². The Kier molecular flexibility index (Phi) is 11.5. The van der Waals surface area contributed by atoms with Gasteiger partial charge in [0.2, 0.25) is 0 Å². The number of benzene rings is 1. The van der Waals surface area contributed by atoms with Crippen molar-refractivity contribution in [1.29, 1.82) is 0 Å². The highest BCUT2D eigenvalue weighted by Crippen LogP contribution is 2.35. The van der Waals surface area contributed by atoms with E-state index in [-0.39, 0.29) is 24.8 Å². The van der Waals surface area contributed by atoms with Gasteiger partial charge >= 0.3 is 0 Å². The predicted molar refractivity (Wildman–Crippen MR) is 102 cm³/mol. The summed E-state index contributed by atoms with van der Waals surface area (Å²) < 4.78 is 6.72. The Morgan fingerprint density at radius 2 is 1.95 bits per heavy atom. The van der Waals surface area contributed by atoms with E-state index in [4.69, 9.17) is 4.74 Å². The van der Waals surface area contributed by atoms with Gasteiger partial charge in [-0.15, -0.1) is 24.8 Å². The molecule has 3 nitrogen and oxygen atoms in total. The Hall–Kier alpha value is -0.000000000000000111. The largest absolute Gasteiger partial charge is 0.496 e. The molecule has 0 bridgehead atoms. The molecule has 128 valence electrons.